The van der Waals surface area contributed by atoms with Gasteiger partial charge in [-0.15, -0.1) is 9.24 Å². The quantitative estimate of drug-likeness (QED) is 0.435. The van der Waals surface area contributed by atoms with Crippen molar-refractivity contribution in [3.63, 3.8) is 0 Å². The molecule has 0 aliphatic heterocycles. The summed E-state index contributed by atoms with van der Waals surface area (Å²) in [6.45, 7) is 6.48. The van der Waals surface area contributed by atoms with Gasteiger partial charge in [-0.1, -0.05) is 30.2 Å². The first-order valence-electron chi connectivity index (χ1n) is 3.73. The molecule has 10 heavy (non-hydrogen) atoms. The zero-order valence-electron chi connectivity index (χ0n) is 7.15. The Kier molecular flexibility index (Phi) is 5.63. The molecule has 0 aromatic heterocycles. The zero-order chi connectivity index (χ0) is 7.98. The predicted octanol–water partition coefficient (Wildman–Crippen LogP) is 3.16. The van der Waals surface area contributed by atoms with E-state index in [2.05, 4.69) is 42.2 Å². The molecule has 0 spiro atoms. The lowest BCUT2D eigenvalue weighted by Gasteiger charge is -1.92. The van der Waals surface area contributed by atoms with Crippen LogP contribution in [0.25, 0.3) is 0 Å². The molecule has 0 nitrogen and oxygen atoms in total. The second-order valence-electron chi connectivity index (χ2n) is 2.58. The number of rotatable bonds is 3. The summed E-state index contributed by atoms with van der Waals surface area (Å²) >= 11 is 0. The van der Waals surface area contributed by atoms with Crippen molar-refractivity contribution in [1.82, 2.24) is 0 Å². The minimum atomic E-state index is 1.08. The van der Waals surface area contributed by atoms with Crippen LogP contribution in [0.3, 0.4) is 0 Å². The average Bonchev–Trinajstić information content (AvgIpc) is 1.99. The monoisotopic (exact) mass is 156 g/mol. The molecule has 58 valence electrons. The van der Waals surface area contributed by atoms with Gasteiger partial charge in [0, 0.05) is 0 Å². The van der Waals surface area contributed by atoms with E-state index in [1.54, 1.807) is 0 Å². The maximum atomic E-state index is 2.72. The molecule has 0 saturated carbocycles. The van der Waals surface area contributed by atoms with Crippen LogP contribution in [0, 0.1) is 0 Å². The minimum Gasteiger partial charge on any atom is -0.133 e. The molecule has 0 heterocycles. The van der Waals surface area contributed by atoms with Crippen LogP contribution < -0.4 is 0 Å². The Bertz CT molecular complexity index is 125. The van der Waals surface area contributed by atoms with Crippen LogP contribution in [0.5, 0.6) is 0 Å². The van der Waals surface area contributed by atoms with Gasteiger partial charge in [0.25, 0.3) is 0 Å². The summed E-state index contributed by atoms with van der Waals surface area (Å²) in [6, 6.07) is 0. The highest BCUT2D eigenvalue weighted by molar-refractivity contribution is 7.16. The van der Waals surface area contributed by atoms with E-state index in [0.29, 0.717) is 0 Å². The van der Waals surface area contributed by atoms with Crippen molar-refractivity contribution in [2.45, 2.75) is 27.2 Å². The van der Waals surface area contributed by atoms with Crippen LogP contribution in [0.4, 0.5) is 0 Å². The van der Waals surface area contributed by atoms with Gasteiger partial charge in [0.2, 0.25) is 0 Å². The second kappa shape index (κ2) is 5.68. The van der Waals surface area contributed by atoms with Crippen molar-refractivity contribution < 1.29 is 0 Å². The third-order valence-electron chi connectivity index (χ3n) is 1.53. The van der Waals surface area contributed by atoms with E-state index in [1.165, 1.54) is 11.1 Å². The Balaban J connectivity index is 3.91. The number of hydrogen-bond donors (Lipinski definition) is 0. The molecule has 0 aliphatic rings. The fourth-order valence-electron chi connectivity index (χ4n) is 0.470. The van der Waals surface area contributed by atoms with Crippen molar-refractivity contribution in [3.8, 4) is 0 Å². The van der Waals surface area contributed by atoms with Crippen LogP contribution in [-0.2, 0) is 0 Å². The highest BCUT2D eigenvalue weighted by atomic mass is 31.0. The summed E-state index contributed by atoms with van der Waals surface area (Å²) in [5.41, 5.74) is 2.86. The molecule has 0 N–H and O–H groups in total. The second-order valence-corrected chi connectivity index (χ2v) is 2.99. The molecule has 1 heteroatoms. The van der Waals surface area contributed by atoms with Gasteiger partial charge in [-0.2, -0.15) is 0 Å². The van der Waals surface area contributed by atoms with Crippen molar-refractivity contribution in [3.05, 3.63) is 23.3 Å². The molecular formula is C9H17P. The van der Waals surface area contributed by atoms with E-state index in [4.69, 9.17) is 0 Å². The van der Waals surface area contributed by atoms with E-state index in [0.717, 1.165) is 12.6 Å². The van der Waals surface area contributed by atoms with E-state index in [-0.39, 0.29) is 0 Å². The van der Waals surface area contributed by atoms with Crippen molar-refractivity contribution in [1.29, 1.82) is 0 Å². The minimum absolute atomic E-state index is 1.08. The lowest BCUT2D eigenvalue weighted by molar-refractivity contribution is 1.10. The van der Waals surface area contributed by atoms with Crippen molar-refractivity contribution in [2.24, 2.45) is 0 Å². The van der Waals surface area contributed by atoms with Gasteiger partial charge in [0.1, 0.15) is 0 Å². The molecule has 1 atom stereocenters. The van der Waals surface area contributed by atoms with Crippen LogP contribution in [0.2, 0.25) is 0 Å². The molecule has 0 radical (unpaired) electrons. The topological polar surface area (TPSA) is 0 Å². The molecule has 0 aliphatic carbocycles. The Morgan fingerprint density at radius 3 is 2.10 bits per heavy atom. The van der Waals surface area contributed by atoms with Gasteiger partial charge in [-0.25, -0.2) is 0 Å². The first-order chi connectivity index (χ1) is 4.70. The lowest BCUT2D eigenvalue weighted by Crippen LogP contribution is -1.74. The molecule has 0 amide bonds. The van der Waals surface area contributed by atoms with E-state index < -0.39 is 0 Å². The Morgan fingerprint density at radius 2 is 1.70 bits per heavy atom. The molecule has 0 rings (SSSR count). The standard InChI is InChI=1S/C9H17P/c1-4-8(2)5-6-9(3)7-10/h5-6H,4,7,10H2,1-3H3/b8-5+,9-6+. The van der Waals surface area contributed by atoms with Crippen LogP contribution in [0.15, 0.2) is 23.3 Å². The molecule has 0 aromatic carbocycles. The van der Waals surface area contributed by atoms with Crippen LogP contribution in [0.1, 0.15) is 27.2 Å². The molecule has 0 aromatic rings. The molecule has 0 fully saturated rings. The highest BCUT2D eigenvalue weighted by Crippen LogP contribution is 2.02. The first-order valence-corrected chi connectivity index (χ1v) is 4.55. The smallest absolute Gasteiger partial charge is 0.0169 e. The van der Waals surface area contributed by atoms with Gasteiger partial charge >= 0.3 is 0 Å². The summed E-state index contributed by atoms with van der Waals surface area (Å²) < 4.78 is 0. The SMILES string of the molecule is CC/C(C)=C/C=C(\C)CP. The lowest BCUT2D eigenvalue weighted by atomic mass is 10.2. The first kappa shape index (κ1) is 9.91. The number of hydrogen-bond acceptors (Lipinski definition) is 0. The summed E-state index contributed by atoms with van der Waals surface area (Å²) in [6.07, 6.45) is 6.61. The fourth-order valence-corrected chi connectivity index (χ4v) is 0.606. The van der Waals surface area contributed by atoms with E-state index in [9.17, 15) is 0 Å². The van der Waals surface area contributed by atoms with Gasteiger partial charge in [-0.3, -0.25) is 0 Å². The van der Waals surface area contributed by atoms with Crippen molar-refractivity contribution in [2.75, 3.05) is 6.16 Å². The van der Waals surface area contributed by atoms with E-state index in [1.807, 2.05) is 0 Å². The zero-order valence-corrected chi connectivity index (χ0v) is 8.30. The largest absolute Gasteiger partial charge is 0.133 e. The Labute approximate surface area is 66.6 Å². The predicted molar refractivity (Wildman–Crippen MR) is 52.4 cm³/mol. The van der Waals surface area contributed by atoms with Gasteiger partial charge in [0.15, 0.2) is 0 Å². The fraction of sp³-hybridized carbons (Fsp3) is 0.556. The van der Waals surface area contributed by atoms with Gasteiger partial charge in [-0.05, 0) is 26.4 Å². The highest BCUT2D eigenvalue weighted by Gasteiger charge is 1.81. The van der Waals surface area contributed by atoms with E-state index >= 15 is 0 Å². The summed E-state index contributed by atoms with van der Waals surface area (Å²) in [5, 5.41) is 0. The third kappa shape index (κ3) is 4.76. The van der Waals surface area contributed by atoms with Gasteiger partial charge < -0.3 is 0 Å². The Morgan fingerprint density at radius 1 is 1.20 bits per heavy atom. The van der Waals surface area contributed by atoms with Gasteiger partial charge in [0.05, 0.1) is 0 Å². The summed E-state index contributed by atoms with van der Waals surface area (Å²) in [7, 11) is 2.72. The van der Waals surface area contributed by atoms with Crippen molar-refractivity contribution >= 4 is 9.24 Å². The maximum Gasteiger partial charge on any atom is -0.0169 e. The molecule has 0 bridgehead atoms. The summed E-state index contributed by atoms with van der Waals surface area (Å²) in [5.74, 6) is 0. The molecule has 1 unspecified atom stereocenters. The Hall–Kier alpha value is -0.0900. The third-order valence-corrected chi connectivity index (χ3v) is 2.18. The average molecular weight is 156 g/mol. The normalized spacial score (nSPS) is 14.0. The van der Waals surface area contributed by atoms with Crippen LogP contribution in [-0.4, -0.2) is 6.16 Å². The molecule has 0 saturated heterocycles. The maximum absolute atomic E-state index is 2.72. The molecular weight excluding hydrogens is 139 g/mol. The summed E-state index contributed by atoms with van der Waals surface area (Å²) in [4.78, 5) is 0. The van der Waals surface area contributed by atoms with Crippen LogP contribution >= 0.6 is 9.24 Å². The number of allylic oxidation sites excluding steroid dienone is 4.